The Morgan fingerprint density at radius 2 is 1.95 bits per heavy atom. The molecule has 0 spiro atoms. The molecule has 1 aromatic rings. The van der Waals surface area contributed by atoms with Crippen LogP contribution in [0.2, 0.25) is 0 Å². The molecule has 21 heavy (non-hydrogen) atoms. The predicted octanol–water partition coefficient (Wildman–Crippen LogP) is 1.85. The van der Waals surface area contributed by atoms with Crippen LogP contribution in [0.5, 0.6) is 0 Å². The van der Waals surface area contributed by atoms with Gasteiger partial charge in [-0.15, -0.1) is 11.3 Å². The molecule has 0 radical (unpaired) electrons. The molecule has 3 rings (SSSR count). The van der Waals surface area contributed by atoms with E-state index in [-0.39, 0.29) is 0 Å². The lowest BCUT2D eigenvalue weighted by atomic mass is 10.4. The topological polar surface area (TPSA) is 52.7 Å². The molecule has 2 aliphatic rings. The first-order valence-corrected chi connectivity index (χ1v) is 10.2. The van der Waals surface area contributed by atoms with E-state index in [1.165, 1.54) is 24.2 Å². The van der Waals surface area contributed by atoms with Gasteiger partial charge >= 0.3 is 0 Å². The van der Waals surface area contributed by atoms with Crippen LogP contribution in [0.15, 0.2) is 20.1 Å². The SMILES string of the molecule is O=S(=O)(c1ccc(Br)s1)N1CCN(C(=S)NC2CC2)CC1. The first-order chi connectivity index (χ1) is 9.96. The quantitative estimate of drug-likeness (QED) is 0.771. The first-order valence-electron chi connectivity index (χ1n) is 6.78. The van der Waals surface area contributed by atoms with E-state index in [1.54, 1.807) is 16.4 Å². The summed E-state index contributed by atoms with van der Waals surface area (Å²) in [6, 6.07) is 3.95. The van der Waals surface area contributed by atoms with Crippen molar-refractivity contribution in [1.29, 1.82) is 0 Å². The molecular formula is C12H16BrN3O2S3. The van der Waals surface area contributed by atoms with Crippen molar-refractivity contribution in [3.63, 3.8) is 0 Å². The van der Waals surface area contributed by atoms with E-state index in [4.69, 9.17) is 12.2 Å². The second-order valence-corrected chi connectivity index (χ2v) is 10.2. The number of hydrogen-bond donors (Lipinski definition) is 1. The molecule has 1 N–H and O–H groups in total. The Balaban J connectivity index is 1.61. The number of thiocarbonyl (C=S) groups is 1. The third-order valence-corrected chi connectivity index (χ3v) is 7.94. The number of sulfonamides is 1. The van der Waals surface area contributed by atoms with Crippen molar-refractivity contribution in [1.82, 2.24) is 14.5 Å². The van der Waals surface area contributed by atoms with Gasteiger partial charge in [0.2, 0.25) is 0 Å². The van der Waals surface area contributed by atoms with Gasteiger partial charge in [-0.25, -0.2) is 8.42 Å². The summed E-state index contributed by atoms with van der Waals surface area (Å²) < 4.78 is 27.8. The van der Waals surface area contributed by atoms with Gasteiger partial charge in [-0.1, -0.05) is 0 Å². The van der Waals surface area contributed by atoms with Crippen molar-refractivity contribution in [2.45, 2.75) is 23.1 Å². The Morgan fingerprint density at radius 3 is 2.48 bits per heavy atom. The molecule has 0 aromatic carbocycles. The molecule has 1 saturated carbocycles. The van der Waals surface area contributed by atoms with Crippen LogP contribution in [-0.4, -0.2) is 55.0 Å². The summed E-state index contributed by atoms with van der Waals surface area (Å²) in [4.78, 5) is 2.06. The Kier molecular flexibility index (Phi) is 4.56. The van der Waals surface area contributed by atoms with Crippen LogP contribution >= 0.6 is 39.5 Å². The van der Waals surface area contributed by atoms with Gasteiger partial charge < -0.3 is 10.2 Å². The number of halogens is 1. The van der Waals surface area contributed by atoms with E-state index in [0.29, 0.717) is 36.4 Å². The zero-order valence-electron chi connectivity index (χ0n) is 11.3. The third-order valence-electron chi connectivity index (χ3n) is 3.57. The van der Waals surface area contributed by atoms with Crippen molar-refractivity contribution in [3.8, 4) is 0 Å². The number of rotatable bonds is 3. The summed E-state index contributed by atoms with van der Waals surface area (Å²) in [5.74, 6) is 0. The Hall–Kier alpha value is -0.220. The fourth-order valence-electron chi connectivity index (χ4n) is 2.19. The van der Waals surface area contributed by atoms with Crippen LogP contribution in [-0.2, 0) is 10.0 Å². The standard InChI is InChI=1S/C12H16BrN3O2S3/c13-10-3-4-11(20-10)21(17,18)16-7-5-15(6-8-16)12(19)14-9-1-2-9/h3-4,9H,1-2,5-8H2,(H,14,19). The van der Waals surface area contributed by atoms with E-state index >= 15 is 0 Å². The highest BCUT2D eigenvalue weighted by molar-refractivity contribution is 9.11. The lowest BCUT2D eigenvalue weighted by Crippen LogP contribution is -2.53. The molecule has 1 saturated heterocycles. The van der Waals surface area contributed by atoms with E-state index < -0.39 is 10.0 Å². The Bertz CT molecular complexity index is 634. The number of piperazine rings is 1. The van der Waals surface area contributed by atoms with Gasteiger partial charge in [0, 0.05) is 32.2 Å². The number of thiophene rings is 1. The number of nitrogens with one attached hydrogen (secondary N) is 1. The normalized spacial score (nSPS) is 20.5. The fourth-order valence-corrected chi connectivity index (χ4v) is 6.12. The van der Waals surface area contributed by atoms with Crippen LogP contribution < -0.4 is 5.32 Å². The van der Waals surface area contributed by atoms with E-state index in [2.05, 4.69) is 26.1 Å². The Labute approximate surface area is 142 Å². The molecule has 0 unspecified atom stereocenters. The summed E-state index contributed by atoms with van der Waals surface area (Å²) in [6.07, 6.45) is 2.36. The van der Waals surface area contributed by atoms with Gasteiger partial charge in [0.15, 0.2) is 5.11 Å². The summed E-state index contributed by atoms with van der Waals surface area (Å²) in [5.41, 5.74) is 0. The summed E-state index contributed by atoms with van der Waals surface area (Å²) in [7, 11) is -3.37. The molecular weight excluding hydrogens is 394 g/mol. The van der Waals surface area contributed by atoms with Crippen molar-refractivity contribution in [3.05, 3.63) is 15.9 Å². The van der Waals surface area contributed by atoms with E-state index in [1.807, 2.05) is 0 Å². The fraction of sp³-hybridized carbons (Fsp3) is 0.583. The van der Waals surface area contributed by atoms with Crippen LogP contribution in [0.1, 0.15) is 12.8 Å². The lowest BCUT2D eigenvalue weighted by molar-refractivity contribution is 0.264. The van der Waals surface area contributed by atoms with Crippen LogP contribution in [0.3, 0.4) is 0 Å². The minimum Gasteiger partial charge on any atom is -0.360 e. The van der Waals surface area contributed by atoms with Crippen molar-refractivity contribution in [2.75, 3.05) is 26.2 Å². The highest BCUT2D eigenvalue weighted by Gasteiger charge is 2.31. The average molecular weight is 410 g/mol. The van der Waals surface area contributed by atoms with Gasteiger partial charge in [-0.05, 0) is 53.1 Å². The molecule has 1 aliphatic heterocycles. The van der Waals surface area contributed by atoms with E-state index in [0.717, 1.165) is 8.90 Å². The maximum absolute atomic E-state index is 12.5. The maximum Gasteiger partial charge on any atom is 0.252 e. The maximum atomic E-state index is 12.5. The monoisotopic (exact) mass is 409 g/mol. The highest BCUT2D eigenvalue weighted by Crippen LogP contribution is 2.29. The molecule has 9 heteroatoms. The van der Waals surface area contributed by atoms with E-state index in [9.17, 15) is 8.42 Å². The third kappa shape index (κ3) is 3.58. The second-order valence-electron chi connectivity index (χ2n) is 5.17. The molecule has 0 amide bonds. The molecule has 0 bridgehead atoms. The minimum absolute atomic E-state index is 0.390. The van der Waals surface area contributed by atoms with Crippen molar-refractivity contribution < 1.29 is 8.42 Å². The smallest absolute Gasteiger partial charge is 0.252 e. The van der Waals surface area contributed by atoms with Gasteiger partial charge in [-0.3, -0.25) is 0 Å². The molecule has 2 heterocycles. The lowest BCUT2D eigenvalue weighted by Gasteiger charge is -2.35. The molecule has 0 atom stereocenters. The summed E-state index contributed by atoms with van der Waals surface area (Å²) >= 11 is 9.92. The Morgan fingerprint density at radius 1 is 1.29 bits per heavy atom. The second kappa shape index (κ2) is 6.11. The molecule has 1 aromatic heterocycles. The number of nitrogens with zero attached hydrogens (tertiary/aromatic N) is 2. The minimum atomic E-state index is -3.37. The van der Waals surface area contributed by atoms with Crippen LogP contribution in [0, 0.1) is 0 Å². The molecule has 1 aliphatic carbocycles. The van der Waals surface area contributed by atoms with Gasteiger partial charge in [0.1, 0.15) is 4.21 Å². The van der Waals surface area contributed by atoms with Crippen molar-refractivity contribution >= 4 is 54.6 Å². The summed E-state index contributed by atoms with van der Waals surface area (Å²) in [6.45, 7) is 2.24. The predicted molar refractivity (Wildman–Crippen MR) is 91.1 cm³/mol. The number of hydrogen-bond acceptors (Lipinski definition) is 4. The first kappa shape index (κ1) is 15.7. The molecule has 2 fully saturated rings. The largest absolute Gasteiger partial charge is 0.360 e. The zero-order chi connectivity index (χ0) is 15.0. The van der Waals surface area contributed by atoms with Crippen molar-refractivity contribution in [2.24, 2.45) is 0 Å². The molecule has 116 valence electrons. The summed E-state index contributed by atoms with van der Waals surface area (Å²) in [5, 5.41) is 4.06. The molecule has 5 nitrogen and oxygen atoms in total. The van der Waals surface area contributed by atoms with Gasteiger partial charge in [0.25, 0.3) is 10.0 Å². The van der Waals surface area contributed by atoms with Gasteiger partial charge in [-0.2, -0.15) is 4.31 Å². The van der Waals surface area contributed by atoms with Crippen LogP contribution in [0.4, 0.5) is 0 Å². The zero-order valence-corrected chi connectivity index (χ0v) is 15.3. The average Bonchev–Trinajstić information content (AvgIpc) is 3.16. The van der Waals surface area contributed by atoms with Gasteiger partial charge in [0.05, 0.1) is 3.79 Å². The highest BCUT2D eigenvalue weighted by atomic mass is 79.9. The van der Waals surface area contributed by atoms with Crippen LogP contribution in [0.25, 0.3) is 0 Å².